The molecule has 0 aliphatic rings. The van der Waals surface area contributed by atoms with E-state index in [9.17, 15) is 36.2 Å². The van der Waals surface area contributed by atoms with Gasteiger partial charge in [-0.25, -0.2) is 0 Å². The molecule has 0 saturated carbocycles. The fourth-order valence-electron chi connectivity index (χ4n) is 5.03. The summed E-state index contributed by atoms with van der Waals surface area (Å²) in [5, 5.41) is 9.46. The van der Waals surface area contributed by atoms with Crippen LogP contribution in [0.1, 0.15) is 87.1 Å². The Balaban J connectivity index is 2.24. The van der Waals surface area contributed by atoms with Gasteiger partial charge in [0, 0.05) is 11.8 Å². The molecule has 2 rings (SSSR count). The molecule has 0 unspecified atom stereocenters. The van der Waals surface area contributed by atoms with Crippen molar-refractivity contribution in [1.82, 2.24) is 0 Å². The topological polar surface area (TPSA) is 55.8 Å². The Morgan fingerprint density at radius 2 is 1.40 bits per heavy atom. The first-order valence-electron chi connectivity index (χ1n) is 14.1. The highest BCUT2D eigenvalue weighted by atomic mass is 19.4. The molecule has 0 saturated heterocycles. The quantitative estimate of drug-likeness (QED) is 0.133. The second-order valence-corrected chi connectivity index (χ2v) is 10.4. The molecule has 0 aromatic heterocycles. The lowest BCUT2D eigenvalue weighted by Crippen LogP contribution is -2.55. The van der Waals surface area contributed by atoms with Gasteiger partial charge in [0.15, 0.2) is 0 Å². The van der Waals surface area contributed by atoms with Gasteiger partial charge in [-0.2, -0.15) is 26.3 Å². The van der Waals surface area contributed by atoms with Crippen molar-refractivity contribution in [3.63, 3.8) is 0 Å². The number of esters is 1. The third-order valence-corrected chi connectivity index (χ3v) is 7.71. The Morgan fingerprint density at radius 1 is 0.833 bits per heavy atom. The summed E-state index contributed by atoms with van der Waals surface area (Å²) in [6.45, 7) is 10.2. The van der Waals surface area contributed by atoms with E-state index in [1.54, 1.807) is 26.0 Å². The van der Waals surface area contributed by atoms with Crippen LogP contribution >= 0.6 is 0 Å². The van der Waals surface area contributed by atoms with Crippen LogP contribution in [0.5, 0.6) is 5.75 Å². The second kappa shape index (κ2) is 14.4. The van der Waals surface area contributed by atoms with Crippen LogP contribution in [0.2, 0.25) is 0 Å². The van der Waals surface area contributed by atoms with Crippen LogP contribution in [0.4, 0.5) is 26.3 Å². The molecular weight excluding hydrogens is 562 g/mol. The van der Waals surface area contributed by atoms with Crippen LogP contribution in [-0.2, 0) is 14.9 Å². The number of benzene rings is 2. The second-order valence-electron chi connectivity index (χ2n) is 10.4. The van der Waals surface area contributed by atoms with Crippen molar-refractivity contribution < 1.29 is 45.7 Å². The minimum Gasteiger partial charge on any atom is -0.493 e. The number of hydrogen-bond donors (Lipinski definition) is 1. The third kappa shape index (κ3) is 8.08. The molecule has 0 bridgehead atoms. The number of ether oxygens (including phenoxy) is 2. The number of aryl methyl sites for hydroxylation is 2. The first kappa shape index (κ1) is 35.2. The van der Waals surface area contributed by atoms with Gasteiger partial charge in [-0.05, 0) is 92.8 Å². The molecule has 0 heterocycles. The number of hydrogen-bond acceptors (Lipinski definition) is 4. The van der Waals surface area contributed by atoms with Crippen molar-refractivity contribution >= 4 is 12.0 Å². The van der Waals surface area contributed by atoms with Crippen molar-refractivity contribution in [3.8, 4) is 5.75 Å². The van der Waals surface area contributed by atoms with E-state index in [0.717, 1.165) is 41.7 Å². The molecule has 0 radical (unpaired) electrons. The predicted octanol–water partition coefficient (Wildman–Crippen LogP) is 8.78. The summed E-state index contributed by atoms with van der Waals surface area (Å²) in [7, 11) is 0. The van der Waals surface area contributed by atoms with Crippen molar-refractivity contribution in [3.05, 3.63) is 70.3 Å². The van der Waals surface area contributed by atoms with E-state index in [0.29, 0.717) is 44.1 Å². The zero-order valence-corrected chi connectivity index (χ0v) is 24.7. The van der Waals surface area contributed by atoms with Crippen LogP contribution in [0.25, 0.3) is 6.08 Å². The van der Waals surface area contributed by atoms with Crippen molar-refractivity contribution in [2.24, 2.45) is 0 Å². The van der Waals surface area contributed by atoms with Gasteiger partial charge in [0.05, 0.1) is 13.2 Å². The molecule has 0 aliphatic heterocycles. The standard InChI is InChI=1S/C32H40F6O4/c1-6-29(7-2,26-15-16-27(23(5)21-26)42-19-11-9-10-12-28(39)41-8-3)25-14-13-24(22(4)20-25)17-18-30(40,31(33,34)35)32(36,37)38/h13-18,20-21,40H,6-12,19H2,1-5H3. The highest BCUT2D eigenvalue weighted by Gasteiger charge is 2.68. The van der Waals surface area contributed by atoms with E-state index < -0.39 is 23.4 Å². The van der Waals surface area contributed by atoms with E-state index in [1.807, 2.05) is 39.0 Å². The molecule has 4 nitrogen and oxygen atoms in total. The number of halogens is 6. The minimum absolute atomic E-state index is 0.133. The molecule has 0 aliphatic carbocycles. The lowest BCUT2D eigenvalue weighted by molar-refractivity contribution is -0.347. The summed E-state index contributed by atoms with van der Waals surface area (Å²) in [5.41, 5.74) is -1.99. The maximum atomic E-state index is 13.1. The largest absolute Gasteiger partial charge is 0.493 e. The molecule has 234 valence electrons. The van der Waals surface area contributed by atoms with Gasteiger partial charge < -0.3 is 14.6 Å². The van der Waals surface area contributed by atoms with E-state index in [2.05, 4.69) is 0 Å². The summed E-state index contributed by atoms with van der Waals surface area (Å²) >= 11 is 0. The first-order valence-corrected chi connectivity index (χ1v) is 14.1. The number of rotatable bonds is 14. The highest BCUT2D eigenvalue weighted by Crippen LogP contribution is 2.45. The molecular formula is C32H40F6O4. The van der Waals surface area contributed by atoms with Crippen molar-refractivity contribution in [2.75, 3.05) is 13.2 Å². The summed E-state index contributed by atoms with van der Waals surface area (Å²) in [5.74, 6) is 0.542. The Labute approximate surface area is 243 Å². The number of carbonyl (C=O) groups is 1. The molecule has 42 heavy (non-hydrogen) atoms. The first-order chi connectivity index (χ1) is 19.6. The van der Waals surface area contributed by atoms with Crippen LogP contribution < -0.4 is 4.74 Å². The summed E-state index contributed by atoms with van der Waals surface area (Å²) in [4.78, 5) is 11.4. The fraction of sp³-hybridized carbons (Fsp3) is 0.531. The van der Waals surface area contributed by atoms with Crippen LogP contribution in [0, 0.1) is 13.8 Å². The normalized spacial score (nSPS) is 13.0. The maximum Gasteiger partial charge on any atom is 0.430 e. The van der Waals surface area contributed by atoms with E-state index >= 15 is 0 Å². The lowest BCUT2D eigenvalue weighted by atomic mass is 9.70. The van der Waals surface area contributed by atoms with Crippen molar-refractivity contribution in [2.45, 2.75) is 96.5 Å². The summed E-state index contributed by atoms with van der Waals surface area (Å²) < 4.78 is 89.4. The molecule has 1 N–H and O–H groups in total. The predicted molar refractivity (Wildman–Crippen MR) is 150 cm³/mol. The zero-order valence-electron chi connectivity index (χ0n) is 24.7. The van der Waals surface area contributed by atoms with E-state index in [-0.39, 0.29) is 17.6 Å². The van der Waals surface area contributed by atoms with Gasteiger partial charge in [0.25, 0.3) is 5.60 Å². The molecule has 0 fully saturated rings. The van der Waals surface area contributed by atoms with Gasteiger partial charge in [-0.3, -0.25) is 4.79 Å². The maximum absolute atomic E-state index is 13.1. The Morgan fingerprint density at radius 3 is 1.90 bits per heavy atom. The van der Waals surface area contributed by atoms with Crippen LogP contribution in [0.3, 0.4) is 0 Å². The highest BCUT2D eigenvalue weighted by molar-refractivity contribution is 5.69. The van der Waals surface area contributed by atoms with Crippen LogP contribution in [-0.4, -0.2) is 42.2 Å². The lowest BCUT2D eigenvalue weighted by Gasteiger charge is -2.34. The van der Waals surface area contributed by atoms with E-state index in [1.165, 1.54) is 6.07 Å². The Kier molecular flexibility index (Phi) is 12.1. The number of aliphatic hydroxyl groups is 1. The number of carbonyl (C=O) groups excluding carboxylic acids is 1. The van der Waals surface area contributed by atoms with E-state index in [4.69, 9.17) is 9.47 Å². The van der Waals surface area contributed by atoms with Gasteiger partial charge in [-0.1, -0.05) is 50.3 Å². The summed E-state index contributed by atoms with van der Waals surface area (Å²) in [6, 6.07) is 10.9. The van der Waals surface area contributed by atoms with Gasteiger partial charge in [0.1, 0.15) is 5.75 Å². The number of unbranched alkanes of at least 4 members (excludes halogenated alkanes) is 2. The van der Waals surface area contributed by atoms with Gasteiger partial charge in [0.2, 0.25) is 0 Å². The number of alkyl halides is 6. The average Bonchev–Trinajstić information content (AvgIpc) is 2.90. The smallest absolute Gasteiger partial charge is 0.430 e. The molecule has 10 heteroatoms. The zero-order chi connectivity index (χ0) is 31.8. The minimum atomic E-state index is -5.92. The van der Waals surface area contributed by atoms with Gasteiger partial charge in [-0.15, -0.1) is 0 Å². The Hall–Kier alpha value is -3.01. The van der Waals surface area contributed by atoms with Crippen LogP contribution in [0.15, 0.2) is 42.5 Å². The third-order valence-electron chi connectivity index (χ3n) is 7.71. The Bertz CT molecular complexity index is 1200. The monoisotopic (exact) mass is 602 g/mol. The van der Waals surface area contributed by atoms with Crippen molar-refractivity contribution in [1.29, 1.82) is 0 Å². The molecule has 0 atom stereocenters. The fourth-order valence-corrected chi connectivity index (χ4v) is 5.03. The SMILES string of the molecule is CCOC(=O)CCCCCOc1ccc(C(CC)(CC)c2ccc(C=CC(O)(C(F)(F)F)C(F)(F)F)c(C)c2)cc1C. The summed E-state index contributed by atoms with van der Waals surface area (Å²) in [6.07, 6.45) is -7.30. The average molecular weight is 603 g/mol. The molecule has 0 spiro atoms. The molecule has 2 aromatic rings. The van der Waals surface area contributed by atoms with Gasteiger partial charge >= 0.3 is 18.3 Å². The molecule has 2 aromatic carbocycles. The molecule has 0 amide bonds.